The molecule has 0 aromatic heterocycles. The summed E-state index contributed by atoms with van der Waals surface area (Å²) in [5, 5.41) is 63.3. The maximum atomic E-state index is 12.6. The monoisotopic (exact) mass is 772 g/mol. The summed E-state index contributed by atoms with van der Waals surface area (Å²) in [5.41, 5.74) is -9.35. The minimum Gasteiger partial charge on any atom is -0.467 e. The van der Waals surface area contributed by atoms with E-state index in [4.69, 9.17) is 42.9 Å². The molecular formula is C31H48O22. The summed E-state index contributed by atoms with van der Waals surface area (Å²) in [6.45, 7) is 6.35. The maximum absolute atomic E-state index is 12.6. The summed E-state index contributed by atoms with van der Waals surface area (Å²) < 4.78 is 40.4. The van der Waals surface area contributed by atoms with Gasteiger partial charge in [-0.1, -0.05) is 34.1 Å². The Hall–Kier alpha value is -3.76. The topological polar surface area (TPSA) is 332 Å². The molecule has 4 heterocycles. The quantitative estimate of drug-likeness (QED) is 0.103. The van der Waals surface area contributed by atoms with Gasteiger partial charge in [0.1, 0.15) is 35.6 Å². The molecule has 304 valence electrons. The summed E-state index contributed by atoms with van der Waals surface area (Å²) in [7, 11) is 4.16. The van der Waals surface area contributed by atoms with Crippen LogP contribution in [0.4, 0.5) is 0 Å². The van der Waals surface area contributed by atoms with E-state index in [0.29, 0.717) is 12.8 Å². The largest absolute Gasteiger partial charge is 0.467 e. The summed E-state index contributed by atoms with van der Waals surface area (Å²) in [5.74, 6) is -8.43. The molecule has 4 aliphatic heterocycles. The summed E-state index contributed by atoms with van der Waals surface area (Å²) >= 11 is 0. The number of rotatable bonds is 8. The summed E-state index contributed by atoms with van der Waals surface area (Å²) in [6.07, 6.45) is -8.48. The Kier molecular flexibility index (Phi) is 17.2. The zero-order valence-corrected chi connectivity index (χ0v) is 29.5. The average molecular weight is 773 g/mol. The second-order valence-corrected chi connectivity index (χ2v) is 12.1. The minimum absolute atomic E-state index is 0. The van der Waals surface area contributed by atoms with Crippen LogP contribution in [-0.4, -0.2) is 166 Å². The van der Waals surface area contributed by atoms with Crippen molar-refractivity contribution in [3.8, 4) is 0 Å². The van der Waals surface area contributed by atoms with E-state index in [9.17, 15) is 49.8 Å². The molecule has 12 atom stereocenters. The van der Waals surface area contributed by atoms with Crippen molar-refractivity contribution in [3.05, 3.63) is 0 Å². The number of hydrogen-bond donors (Lipinski definition) is 6. The third kappa shape index (κ3) is 7.63. The summed E-state index contributed by atoms with van der Waals surface area (Å²) in [4.78, 5) is 81.3. The molecule has 22 heteroatoms. The van der Waals surface area contributed by atoms with E-state index < -0.39 is 94.5 Å². The Morgan fingerprint density at radius 2 is 1.21 bits per heavy atom. The van der Waals surface area contributed by atoms with E-state index in [1.165, 1.54) is 21.0 Å². The molecule has 53 heavy (non-hydrogen) atoms. The number of cyclic esters (lactones) is 1. The molecule has 0 amide bonds. The molecule has 0 radical (unpaired) electrons. The van der Waals surface area contributed by atoms with Crippen LogP contribution in [0.2, 0.25) is 0 Å². The van der Waals surface area contributed by atoms with Crippen molar-refractivity contribution in [3.63, 3.8) is 0 Å². The molecule has 4 aliphatic rings. The molecule has 2 bridgehead atoms. The standard InChI is InChI=1S/C15H22O11.C13H22O7.2CO2.CH4/c1-5-6-13(24-4)7(16)8(17)15(26-13)12(20)25-9(10(18)22-2)14(15,21)11(19)23-3;1-5-6-13-8(15)7(14)12(3,20-13)11(2,17)9(19-13)10(16)18-4;2*2-1-3;/h7-9,16-17,21H,5-6H2,1-4H3;7-9,14-15,17H,5-6H2,1-4H3;;;1H4/t7-,8-,9-,13+,14-,15+;7-,8-,9?,11?,12?,13?;;;/m11.../s1. The molecule has 4 fully saturated rings. The number of esters is 4. The lowest BCUT2D eigenvalue weighted by atomic mass is 9.76. The van der Waals surface area contributed by atoms with Crippen LogP contribution in [-0.2, 0) is 76.3 Å². The van der Waals surface area contributed by atoms with Crippen molar-refractivity contribution in [2.75, 3.05) is 28.4 Å². The fourth-order valence-corrected chi connectivity index (χ4v) is 6.59. The third-order valence-electron chi connectivity index (χ3n) is 9.38. The van der Waals surface area contributed by atoms with Crippen molar-refractivity contribution in [2.45, 2.75) is 131 Å². The van der Waals surface area contributed by atoms with E-state index in [1.807, 2.05) is 6.92 Å². The van der Waals surface area contributed by atoms with Gasteiger partial charge in [0.15, 0.2) is 17.7 Å². The third-order valence-corrected chi connectivity index (χ3v) is 9.38. The van der Waals surface area contributed by atoms with Crippen LogP contribution in [0.25, 0.3) is 0 Å². The second-order valence-electron chi connectivity index (χ2n) is 12.1. The number of carbonyl (C=O) groups excluding carboxylic acids is 8. The van der Waals surface area contributed by atoms with Gasteiger partial charge in [-0.2, -0.15) is 19.2 Å². The minimum atomic E-state index is -3.12. The molecule has 22 nitrogen and oxygen atoms in total. The Morgan fingerprint density at radius 1 is 0.736 bits per heavy atom. The number of fused-ring (bicyclic) bond motifs is 2. The molecular weight excluding hydrogens is 724 g/mol. The van der Waals surface area contributed by atoms with Gasteiger partial charge >= 0.3 is 36.2 Å². The van der Waals surface area contributed by atoms with Gasteiger partial charge in [0.25, 0.3) is 5.60 Å². The number of hydrogen-bond acceptors (Lipinski definition) is 22. The van der Waals surface area contributed by atoms with Crippen LogP contribution in [0.3, 0.4) is 0 Å². The number of aliphatic hydroxyl groups excluding tert-OH is 4. The fraction of sp³-hybridized carbons (Fsp3) is 0.806. The maximum Gasteiger partial charge on any atom is 0.373 e. The van der Waals surface area contributed by atoms with Gasteiger partial charge in [0, 0.05) is 20.0 Å². The second kappa shape index (κ2) is 18.5. The highest BCUT2D eigenvalue weighted by atomic mass is 16.8. The van der Waals surface area contributed by atoms with Crippen LogP contribution in [0.15, 0.2) is 0 Å². The van der Waals surface area contributed by atoms with Crippen LogP contribution in [0.1, 0.15) is 60.8 Å². The highest BCUT2D eigenvalue weighted by Crippen LogP contribution is 2.55. The lowest BCUT2D eigenvalue weighted by molar-refractivity contribution is -0.380. The van der Waals surface area contributed by atoms with E-state index in [1.54, 1.807) is 6.92 Å². The van der Waals surface area contributed by atoms with Crippen molar-refractivity contribution < 1.29 is 107 Å². The Morgan fingerprint density at radius 3 is 1.62 bits per heavy atom. The highest BCUT2D eigenvalue weighted by Gasteiger charge is 2.85. The van der Waals surface area contributed by atoms with E-state index in [2.05, 4.69) is 14.2 Å². The molecule has 0 aromatic carbocycles. The molecule has 0 saturated carbocycles. The molecule has 0 aromatic rings. The van der Waals surface area contributed by atoms with Crippen molar-refractivity contribution in [1.29, 1.82) is 0 Å². The number of aliphatic hydroxyl groups is 6. The van der Waals surface area contributed by atoms with Crippen LogP contribution < -0.4 is 0 Å². The van der Waals surface area contributed by atoms with Crippen LogP contribution in [0.5, 0.6) is 0 Å². The van der Waals surface area contributed by atoms with Crippen molar-refractivity contribution in [2.24, 2.45) is 0 Å². The first-order valence-corrected chi connectivity index (χ1v) is 15.4. The predicted molar refractivity (Wildman–Crippen MR) is 163 cm³/mol. The smallest absolute Gasteiger partial charge is 0.373 e. The van der Waals surface area contributed by atoms with Gasteiger partial charge in [0.05, 0.1) is 21.3 Å². The van der Waals surface area contributed by atoms with Gasteiger partial charge in [-0.15, -0.1) is 0 Å². The van der Waals surface area contributed by atoms with Crippen molar-refractivity contribution in [1.82, 2.24) is 0 Å². The van der Waals surface area contributed by atoms with E-state index in [-0.39, 0.29) is 32.6 Å². The fourth-order valence-electron chi connectivity index (χ4n) is 6.59. The lowest BCUT2D eigenvalue weighted by Crippen LogP contribution is -2.69. The Bertz CT molecular complexity index is 1360. The van der Waals surface area contributed by atoms with Gasteiger partial charge in [-0.05, 0) is 13.8 Å². The summed E-state index contributed by atoms with van der Waals surface area (Å²) in [6, 6.07) is 0. The molecule has 1 spiro atoms. The number of carbonyl (C=O) groups is 4. The zero-order chi connectivity index (χ0) is 40.7. The Balaban J connectivity index is 0.000000893. The SMILES string of the molecule is C.CCCC12OC(C(=O)OC)C(C)(O)C(C)(O1)[C@H](O)[C@H]2O.CCC[C@]1(OC)O[C@]2(C(=O)O[C@H](C(=O)OC)[C@@]2(O)C(=O)OC)[C@H](O)[C@H]1O.O=C=O.O=C=O. The van der Waals surface area contributed by atoms with Crippen LogP contribution >= 0.6 is 0 Å². The normalized spacial score (nSPS) is 40.2. The average Bonchev–Trinajstić information content (AvgIpc) is 3.55. The highest BCUT2D eigenvalue weighted by molar-refractivity contribution is 6.03. The van der Waals surface area contributed by atoms with Gasteiger partial charge in [0.2, 0.25) is 11.7 Å². The first-order chi connectivity index (χ1) is 24.1. The first kappa shape index (κ1) is 49.2. The lowest BCUT2D eigenvalue weighted by Gasteiger charge is -2.50. The van der Waals surface area contributed by atoms with Crippen LogP contribution in [0, 0.1) is 0 Å². The first-order valence-electron chi connectivity index (χ1n) is 15.4. The van der Waals surface area contributed by atoms with Gasteiger partial charge < -0.3 is 68.5 Å². The van der Waals surface area contributed by atoms with Crippen molar-refractivity contribution >= 4 is 36.2 Å². The molecule has 4 unspecified atom stereocenters. The van der Waals surface area contributed by atoms with Gasteiger partial charge in [-0.25, -0.2) is 19.2 Å². The Labute approximate surface area is 303 Å². The van der Waals surface area contributed by atoms with E-state index in [0.717, 1.165) is 21.3 Å². The molecule has 0 aliphatic carbocycles. The van der Waals surface area contributed by atoms with E-state index >= 15 is 0 Å². The predicted octanol–water partition coefficient (Wildman–Crippen LogP) is -3.59. The molecule has 4 rings (SSSR count). The molecule has 6 N–H and O–H groups in total. The number of ether oxygens (including phenoxy) is 8. The molecule has 4 saturated heterocycles. The number of methoxy groups -OCH3 is 4. The zero-order valence-electron chi connectivity index (χ0n) is 29.5. The van der Waals surface area contributed by atoms with Gasteiger partial charge in [-0.3, -0.25) is 0 Å².